The molecule has 0 saturated heterocycles. The molecule has 0 N–H and O–H groups in total. The van der Waals surface area contributed by atoms with Gasteiger partial charge in [-0.2, -0.15) is 0 Å². The highest BCUT2D eigenvalue weighted by Gasteiger charge is 2.37. The van der Waals surface area contributed by atoms with Crippen LogP contribution in [-0.2, 0) is 53.0 Å². The Bertz CT molecular complexity index is 1620. The monoisotopic (exact) mass is 829 g/mol. The number of rotatable bonds is 34. The van der Waals surface area contributed by atoms with E-state index in [4.69, 9.17) is 47.4 Å². The minimum atomic E-state index is -0.761. The topological polar surface area (TPSA) is 130 Å². The fourth-order valence-corrected chi connectivity index (χ4v) is 6.48. The fourth-order valence-electron chi connectivity index (χ4n) is 6.48. The number of carbonyl (C=O) groups excluding carboxylic acids is 2. The van der Waals surface area contributed by atoms with Crippen molar-refractivity contribution in [1.82, 2.24) is 4.90 Å². The Morgan fingerprint density at radius 1 is 0.317 bits per heavy atom. The molecule has 0 aromatic heterocycles. The molecule has 4 aromatic rings. The second kappa shape index (κ2) is 28.2. The van der Waals surface area contributed by atoms with E-state index in [2.05, 4.69) is 36.4 Å². The van der Waals surface area contributed by atoms with Gasteiger partial charge in [0.15, 0.2) is 0 Å². The number of fused-ring (bicyclic) bond motifs is 1. The number of ether oxygens (including phenoxy) is 10. The maximum Gasteiger partial charge on any atom is 0.261 e. The van der Waals surface area contributed by atoms with Crippen molar-refractivity contribution in [3.63, 3.8) is 0 Å². The van der Waals surface area contributed by atoms with E-state index in [1.165, 1.54) is 4.90 Å². The maximum absolute atomic E-state index is 12.3. The van der Waals surface area contributed by atoms with Crippen molar-refractivity contribution in [2.45, 2.75) is 5.60 Å². The molecule has 0 fully saturated rings. The molecule has 60 heavy (non-hydrogen) atoms. The number of nitrogens with zero attached hydrogens (tertiary/aromatic N) is 1. The average Bonchev–Trinajstić information content (AvgIpc) is 3.54. The van der Waals surface area contributed by atoms with E-state index in [0.717, 1.165) is 16.7 Å². The second-order valence-electron chi connectivity index (χ2n) is 13.4. The lowest BCUT2D eigenvalue weighted by atomic mass is 9.80. The van der Waals surface area contributed by atoms with Crippen LogP contribution in [0.5, 0.6) is 0 Å². The van der Waals surface area contributed by atoms with Crippen LogP contribution >= 0.6 is 0 Å². The maximum atomic E-state index is 12.3. The molecule has 0 saturated carbocycles. The largest absolute Gasteiger partial charge is 0.377 e. The number of imide groups is 1. The molecular weight excluding hydrogens is 771 g/mol. The smallest absolute Gasteiger partial charge is 0.261 e. The minimum Gasteiger partial charge on any atom is -0.377 e. The van der Waals surface area contributed by atoms with E-state index in [1.807, 2.05) is 54.6 Å². The van der Waals surface area contributed by atoms with Gasteiger partial charge in [-0.1, -0.05) is 103 Å². The Kier molecular flexibility index (Phi) is 21.9. The summed E-state index contributed by atoms with van der Waals surface area (Å²) in [5.74, 6) is -0.558. The van der Waals surface area contributed by atoms with Crippen molar-refractivity contribution in [3.8, 4) is 0 Å². The van der Waals surface area contributed by atoms with Gasteiger partial charge in [0.05, 0.1) is 143 Å². The number of hydrogen-bond acceptors (Lipinski definition) is 12. The van der Waals surface area contributed by atoms with Crippen molar-refractivity contribution in [2.24, 2.45) is 0 Å². The highest BCUT2D eigenvalue weighted by Crippen LogP contribution is 2.40. The molecule has 0 atom stereocenters. The van der Waals surface area contributed by atoms with Gasteiger partial charge in [0.25, 0.3) is 11.8 Å². The minimum absolute atomic E-state index is 0.211. The Hall–Kier alpha value is -4.38. The summed E-state index contributed by atoms with van der Waals surface area (Å²) in [5, 5.41) is 0. The summed E-state index contributed by atoms with van der Waals surface area (Å²) in [6.45, 7) is 8.59. The van der Waals surface area contributed by atoms with Gasteiger partial charge in [-0.15, -0.1) is 0 Å². The van der Waals surface area contributed by atoms with Gasteiger partial charge >= 0.3 is 0 Å². The summed E-state index contributed by atoms with van der Waals surface area (Å²) < 4.78 is 56.9. The molecule has 13 heteroatoms. The lowest BCUT2D eigenvalue weighted by Gasteiger charge is -2.36. The number of amides is 2. The van der Waals surface area contributed by atoms with Gasteiger partial charge < -0.3 is 47.4 Å². The standard InChI is InChI=1S/C47H59NO12/c49-45-43-18-10-11-19-44(43)46(50)48(45)20-21-51-22-23-52-24-25-53-26-27-54-28-29-55-30-31-56-32-33-57-34-35-58-36-37-59-38-39-60-47(40-12-4-1-5-13-40,41-14-6-2-7-15-41)42-16-8-3-9-17-42/h1-19H,20-39H2. The molecule has 2 amide bonds. The molecule has 0 radical (unpaired) electrons. The van der Waals surface area contributed by atoms with Crippen LogP contribution in [0.1, 0.15) is 37.4 Å². The van der Waals surface area contributed by atoms with Crippen molar-refractivity contribution >= 4 is 11.8 Å². The summed E-state index contributed by atoms with van der Waals surface area (Å²) in [6, 6.07) is 37.7. The molecule has 0 bridgehead atoms. The Balaban J connectivity index is 0.747. The van der Waals surface area contributed by atoms with Crippen LogP contribution < -0.4 is 0 Å². The summed E-state index contributed by atoms with van der Waals surface area (Å²) in [7, 11) is 0. The van der Waals surface area contributed by atoms with E-state index < -0.39 is 5.60 Å². The number of benzene rings is 4. The third-order valence-electron chi connectivity index (χ3n) is 9.40. The van der Waals surface area contributed by atoms with Crippen LogP contribution in [0.15, 0.2) is 115 Å². The summed E-state index contributed by atoms with van der Waals surface area (Å²) >= 11 is 0. The predicted molar refractivity (Wildman–Crippen MR) is 224 cm³/mol. The zero-order valence-electron chi connectivity index (χ0n) is 34.5. The molecular formula is C47H59NO12. The first-order chi connectivity index (χ1) is 29.7. The van der Waals surface area contributed by atoms with Gasteiger partial charge in [-0.05, 0) is 28.8 Å². The zero-order chi connectivity index (χ0) is 41.8. The Morgan fingerprint density at radius 2 is 0.567 bits per heavy atom. The summed E-state index contributed by atoms with van der Waals surface area (Å²) in [5.41, 5.74) is 3.30. The van der Waals surface area contributed by atoms with Crippen molar-refractivity contribution < 1.29 is 57.0 Å². The molecule has 0 unspecified atom stereocenters. The van der Waals surface area contributed by atoms with Crippen LogP contribution in [-0.4, -0.2) is 149 Å². The zero-order valence-corrected chi connectivity index (χ0v) is 34.5. The molecule has 1 heterocycles. The SMILES string of the molecule is O=C1c2ccccc2C(=O)N1CCOCCOCCOCCOCCOCCOCCOCCOCCOCCOC(c1ccccc1)(c1ccccc1)c1ccccc1. The number of carbonyl (C=O) groups is 2. The quantitative estimate of drug-likeness (QED) is 0.0338. The highest BCUT2D eigenvalue weighted by atomic mass is 16.6. The first kappa shape index (κ1) is 46.7. The van der Waals surface area contributed by atoms with Crippen LogP contribution in [0, 0.1) is 0 Å². The molecule has 1 aliphatic heterocycles. The third kappa shape index (κ3) is 15.3. The Labute approximate surface area is 353 Å². The van der Waals surface area contributed by atoms with E-state index in [1.54, 1.807) is 24.3 Å². The predicted octanol–water partition coefficient (Wildman–Crippen LogP) is 5.44. The summed E-state index contributed by atoms with van der Waals surface area (Å²) in [6.07, 6.45) is 0. The van der Waals surface area contributed by atoms with Gasteiger partial charge in [-0.3, -0.25) is 14.5 Å². The van der Waals surface area contributed by atoms with Gasteiger partial charge in [0.1, 0.15) is 5.60 Å². The molecule has 1 aliphatic rings. The summed E-state index contributed by atoms with van der Waals surface area (Å²) in [4.78, 5) is 25.9. The molecule has 0 spiro atoms. The molecule has 5 rings (SSSR count). The van der Waals surface area contributed by atoms with E-state index in [-0.39, 0.29) is 25.0 Å². The van der Waals surface area contributed by atoms with Crippen LogP contribution in [0.25, 0.3) is 0 Å². The van der Waals surface area contributed by atoms with Crippen molar-refractivity contribution in [3.05, 3.63) is 143 Å². The van der Waals surface area contributed by atoms with Crippen molar-refractivity contribution in [1.29, 1.82) is 0 Å². The first-order valence-electron chi connectivity index (χ1n) is 20.7. The number of hydrogen-bond donors (Lipinski definition) is 0. The second-order valence-corrected chi connectivity index (χ2v) is 13.4. The van der Waals surface area contributed by atoms with Crippen molar-refractivity contribution in [2.75, 3.05) is 132 Å². The van der Waals surface area contributed by atoms with Crippen LogP contribution in [0.4, 0.5) is 0 Å². The van der Waals surface area contributed by atoms with Gasteiger partial charge in [0, 0.05) is 0 Å². The van der Waals surface area contributed by atoms with Gasteiger partial charge in [-0.25, -0.2) is 0 Å². The molecule has 324 valence electrons. The lowest BCUT2D eigenvalue weighted by Crippen LogP contribution is -2.34. The van der Waals surface area contributed by atoms with Crippen LogP contribution in [0.3, 0.4) is 0 Å². The molecule has 0 aliphatic carbocycles. The lowest BCUT2D eigenvalue weighted by molar-refractivity contribution is -0.0399. The normalized spacial score (nSPS) is 12.7. The highest BCUT2D eigenvalue weighted by molar-refractivity contribution is 6.21. The van der Waals surface area contributed by atoms with E-state index in [9.17, 15) is 9.59 Å². The third-order valence-corrected chi connectivity index (χ3v) is 9.40. The van der Waals surface area contributed by atoms with Gasteiger partial charge in [0.2, 0.25) is 0 Å². The average molecular weight is 830 g/mol. The Morgan fingerprint density at radius 3 is 0.867 bits per heavy atom. The molecule has 4 aromatic carbocycles. The first-order valence-corrected chi connectivity index (χ1v) is 20.7. The van der Waals surface area contributed by atoms with Crippen LogP contribution in [0.2, 0.25) is 0 Å². The van der Waals surface area contributed by atoms with E-state index >= 15 is 0 Å². The van der Waals surface area contributed by atoms with E-state index in [0.29, 0.717) is 130 Å². The fraction of sp³-hybridized carbons (Fsp3) is 0.447. The molecule has 13 nitrogen and oxygen atoms in total.